The molecule has 0 bridgehead atoms. The molecule has 8 heteroatoms. The summed E-state index contributed by atoms with van der Waals surface area (Å²) >= 11 is 6.83. The molecule has 0 aliphatic carbocycles. The van der Waals surface area contributed by atoms with Crippen molar-refractivity contribution in [3.05, 3.63) is 80.5 Å². The average Bonchev–Trinajstić information content (AvgIpc) is 3.12. The summed E-state index contributed by atoms with van der Waals surface area (Å²) in [6, 6.07) is 16.0. The Bertz CT molecular complexity index is 1010. The molecule has 1 aromatic heterocycles. The Morgan fingerprint density at radius 1 is 1.10 bits per heavy atom. The van der Waals surface area contributed by atoms with Crippen LogP contribution in [-0.2, 0) is 6.54 Å². The van der Waals surface area contributed by atoms with E-state index in [9.17, 15) is 4.79 Å². The minimum atomic E-state index is -0.368. The van der Waals surface area contributed by atoms with Crippen molar-refractivity contribution >= 4 is 49.7 Å². The molecule has 1 heterocycles. The lowest BCUT2D eigenvalue weighted by Gasteiger charge is -2.20. The second kappa shape index (κ2) is 10.5. The van der Waals surface area contributed by atoms with Gasteiger partial charge in [-0.15, -0.1) is 0 Å². The molecular formula is C22H23Br2N5O. The van der Waals surface area contributed by atoms with E-state index < -0.39 is 0 Å². The lowest BCUT2D eigenvalue weighted by Crippen LogP contribution is -2.21. The van der Waals surface area contributed by atoms with Gasteiger partial charge < -0.3 is 4.90 Å². The van der Waals surface area contributed by atoms with Gasteiger partial charge in [0.2, 0.25) is 0 Å². The lowest BCUT2D eigenvalue weighted by atomic mass is 10.2. The molecule has 30 heavy (non-hydrogen) atoms. The van der Waals surface area contributed by atoms with E-state index in [4.69, 9.17) is 0 Å². The number of nitrogens with zero attached hydrogens (tertiary/aromatic N) is 4. The summed E-state index contributed by atoms with van der Waals surface area (Å²) in [5, 5.41) is 8.43. The third kappa shape index (κ3) is 5.79. The molecule has 3 rings (SSSR count). The third-order valence-electron chi connectivity index (χ3n) is 4.59. The van der Waals surface area contributed by atoms with E-state index in [0.717, 1.165) is 28.7 Å². The Morgan fingerprint density at radius 3 is 2.40 bits per heavy atom. The Morgan fingerprint density at radius 2 is 1.77 bits per heavy atom. The zero-order chi connectivity index (χ0) is 21.5. The molecule has 0 spiro atoms. The van der Waals surface area contributed by atoms with Gasteiger partial charge in [0.1, 0.15) is 0 Å². The van der Waals surface area contributed by atoms with Crippen molar-refractivity contribution in [1.82, 2.24) is 15.2 Å². The van der Waals surface area contributed by atoms with Gasteiger partial charge in [-0.2, -0.15) is 10.2 Å². The number of aromatic nitrogens is 2. The van der Waals surface area contributed by atoms with Crippen molar-refractivity contribution in [1.29, 1.82) is 0 Å². The van der Waals surface area contributed by atoms with Crippen molar-refractivity contribution in [2.24, 2.45) is 5.10 Å². The first-order chi connectivity index (χ1) is 14.5. The van der Waals surface area contributed by atoms with E-state index in [-0.39, 0.29) is 5.91 Å². The van der Waals surface area contributed by atoms with Crippen LogP contribution in [0.5, 0.6) is 0 Å². The number of hydrogen-bond donors (Lipinski definition) is 1. The highest BCUT2D eigenvalue weighted by molar-refractivity contribution is 9.10. The smallest absolute Gasteiger partial charge is 0.293 e. The van der Waals surface area contributed by atoms with E-state index in [1.165, 1.54) is 5.69 Å². The van der Waals surface area contributed by atoms with Gasteiger partial charge in [0.15, 0.2) is 5.69 Å². The highest BCUT2D eigenvalue weighted by atomic mass is 79.9. The van der Waals surface area contributed by atoms with Crippen molar-refractivity contribution in [3.63, 3.8) is 0 Å². The van der Waals surface area contributed by atoms with Crippen LogP contribution in [0.1, 0.15) is 35.5 Å². The molecule has 1 amide bonds. The normalized spacial score (nSPS) is 11.1. The summed E-state index contributed by atoms with van der Waals surface area (Å²) in [5.41, 5.74) is 6.00. The first kappa shape index (κ1) is 22.2. The van der Waals surface area contributed by atoms with Gasteiger partial charge in [-0.3, -0.25) is 9.48 Å². The molecular weight excluding hydrogens is 510 g/mol. The molecule has 6 nitrogen and oxygen atoms in total. The minimum Gasteiger partial charge on any atom is -0.372 e. The zero-order valence-electron chi connectivity index (χ0n) is 16.8. The van der Waals surface area contributed by atoms with Crippen molar-refractivity contribution in [2.75, 3.05) is 18.0 Å². The summed E-state index contributed by atoms with van der Waals surface area (Å²) in [4.78, 5) is 14.7. The van der Waals surface area contributed by atoms with E-state index in [1.54, 1.807) is 17.1 Å². The fourth-order valence-corrected chi connectivity index (χ4v) is 3.75. The van der Waals surface area contributed by atoms with E-state index in [1.807, 2.05) is 36.4 Å². The largest absolute Gasteiger partial charge is 0.372 e. The van der Waals surface area contributed by atoms with Crippen LogP contribution in [0.25, 0.3) is 0 Å². The highest BCUT2D eigenvalue weighted by Gasteiger charge is 2.15. The number of carbonyl (C=O) groups is 1. The molecule has 3 aromatic rings. The second-order valence-electron chi connectivity index (χ2n) is 6.61. The van der Waals surface area contributed by atoms with Gasteiger partial charge in [-0.1, -0.05) is 40.2 Å². The topological polar surface area (TPSA) is 62.5 Å². The predicted octanol–water partition coefficient (Wildman–Crippen LogP) is 5.07. The maximum absolute atomic E-state index is 12.4. The maximum Gasteiger partial charge on any atom is 0.293 e. The van der Waals surface area contributed by atoms with Gasteiger partial charge in [0.05, 0.1) is 17.2 Å². The zero-order valence-corrected chi connectivity index (χ0v) is 20.0. The molecule has 0 saturated heterocycles. The summed E-state index contributed by atoms with van der Waals surface area (Å²) < 4.78 is 3.36. The molecule has 0 atom stereocenters. The Kier molecular flexibility index (Phi) is 7.81. The number of rotatable bonds is 8. The van der Waals surface area contributed by atoms with E-state index >= 15 is 0 Å². The molecule has 0 fully saturated rings. The molecule has 0 unspecified atom stereocenters. The molecule has 0 aliphatic heterocycles. The number of carbonyl (C=O) groups excluding carboxylic acids is 1. The van der Waals surface area contributed by atoms with Crippen LogP contribution in [0, 0.1) is 0 Å². The number of anilines is 1. The number of amides is 1. The average molecular weight is 533 g/mol. The van der Waals surface area contributed by atoms with Crippen molar-refractivity contribution < 1.29 is 4.79 Å². The Labute approximate surface area is 193 Å². The quantitative estimate of drug-likeness (QED) is 0.325. The maximum atomic E-state index is 12.4. The van der Waals surface area contributed by atoms with E-state index in [2.05, 4.69) is 78.4 Å². The summed E-state index contributed by atoms with van der Waals surface area (Å²) in [6.07, 6.45) is 3.41. The van der Waals surface area contributed by atoms with E-state index in [0.29, 0.717) is 16.7 Å². The fourth-order valence-electron chi connectivity index (χ4n) is 2.99. The standard InChI is InChI=1S/C22H23Br2N5O/c1-3-28(4-2)19-11-7-16(8-12-19)13-25-26-22(30)21-20(24)15-29(27-21)14-17-5-9-18(23)10-6-17/h5-13,15H,3-4,14H2,1-2H3,(H,26,30)/b25-13-. The highest BCUT2D eigenvalue weighted by Crippen LogP contribution is 2.17. The molecule has 0 saturated carbocycles. The van der Waals surface area contributed by atoms with Crippen LogP contribution in [0.4, 0.5) is 5.69 Å². The van der Waals surface area contributed by atoms with Crippen LogP contribution in [0.2, 0.25) is 0 Å². The second-order valence-corrected chi connectivity index (χ2v) is 8.38. The molecule has 0 aliphatic rings. The van der Waals surface area contributed by atoms with Gasteiger partial charge in [0.25, 0.3) is 5.91 Å². The molecule has 1 N–H and O–H groups in total. The summed E-state index contributed by atoms with van der Waals surface area (Å²) in [7, 11) is 0. The van der Waals surface area contributed by atoms with Crippen molar-refractivity contribution in [3.8, 4) is 0 Å². The number of nitrogens with one attached hydrogen (secondary N) is 1. The van der Waals surface area contributed by atoms with Crippen molar-refractivity contribution in [2.45, 2.75) is 20.4 Å². The molecule has 0 radical (unpaired) electrons. The van der Waals surface area contributed by atoms with Gasteiger partial charge >= 0.3 is 0 Å². The first-order valence-electron chi connectivity index (χ1n) is 9.66. The molecule has 2 aromatic carbocycles. The van der Waals surface area contributed by atoms with Gasteiger partial charge in [-0.05, 0) is 65.2 Å². The van der Waals surface area contributed by atoms with Crippen LogP contribution in [0.15, 0.2) is 68.8 Å². The van der Waals surface area contributed by atoms with Gasteiger partial charge in [0, 0.05) is 29.4 Å². The lowest BCUT2D eigenvalue weighted by molar-refractivity contribution is 0.0948. The van der Waals surface area contributed by atoms with Crippen LogP contribution >= 0.6 is 31.9 Å². The predicted molar refractivity (Wildman–Crippen MR) is 128 cm³/mol. The number of hydrazone groups is 1. The number of benzene rings is 2. The SMILES string of the molecule is CCN(CC)c1ccc(/C=N\NC(=O)c2nn(Cc3ccc(Br)cc3)cc2Br)cc1. The van der Waals surface area contributed by atoms with Crippen LogP contribution in [-0.4, -0.2) is 35.0 Å². The van der Waals surface area contributed by atoms with Gasteiger partial charge in [-0.25, -0.2) is 5.43 Å². The first-order valence-corrected chi connectivity index (χ1v) is 11.2. The van der Waals surface area contributed by atoms with Crippen LogP contribution in [0.3, 0.4) is 0 Å². The van der Waals surface area contributed by atoms with Crippen LogP contribution < -0.4 is 10.3 Å². The Balaban J connectivity index is 1.60. The Hall–Kier alpha value is -2.45. The summed E-state index contributed by atoms with van der Waals surface area (Å²) in [6.45, 7) is 6.76. The minimum absolute atomic E-state index is 0.293. The fraction of sp³-hybridized carbons (Fsp3) is 0.227. The molecule has 156 valence electrons. The monoisotopic (exact) mass is 531 g/mol. The third-order valence-corrected chi connectivity index (χ3v) is 5.70. The number of hydrogen-bond acceptors (Lipinski definition) is 4. The summed E-state index contributed by atoms with van der Waals surface area (Å²) in [5.74, 6) is -0.368. The number of halogens is 2.